The molecule has 0 saturated heterocycles. The van der Waals surface area contributed by atoms with Gasteiger partial charge in [-0.2, -0.15) is 0 Å². The monoisotopic (exact) mass is 138 g/mol. The molecule has 54 valence electrons. The van der Waals surface area contributed by atoms with Gasteiger partial charge in [0.2, 0.25) is 0 Å². The van der Waals surface area contributed by atoms with E-state index in [1.807, 2.05) is 6.92 Å². The van der Waals surface area contributed by atoms with Crippen LogP contribution in [0.5, 0.6) is 0 Å². The number of aliphatic carboxylic acids is 1. The van der Waals surface area contributed by atoms with Crippen LogP contribution in [0, 0.1) is 12.3 Å². The lowest BCUT2D eigenvalue weighted by atomic mass is 10.1. The van der Waals surface area contributed by atoms with Gasteiger partial charge in [-0.05, 0) is 6.42 Å². The standard InChI is InChI=1S/C8H10O2/c1-3-5-7(4-2)6-8(9)10/h2,6H,3,5H2,1H3,(H,9,10). The van der Waals surface area contributed by atoms with Crippen LogP contribution in [0.4, 0.5) is 0 Å². The van der Waals surface area contributed by atoms with Crippen molar-refractivity contribution in [2.75, 3.05) is 0 Å². The lowest BCUT2D eigenvalue weighted by Gasteiger charge is -1.91. The molecular formula is C8H10O2. The molecule has 2 nitrogen and oxygen atoms in total. The van der Waals surface area contributed by atoms with Gasteiger partial charge in [-0.3, -0.25) is 0 Å². The minimum absolute atomic E-state index is 0.551. The lowest BCUT2D eigenvalue weighted by molar-refractivity contribution is -0.131. The number of hydrogen-bond donors (Lipinski definition) is 1. The van der Waals surface area contributed by atoms with Crippen LogP contribution in [-0.4, -0.2) is 11.1 Å². The molecule has 0 unspecified atom stereocenters. The van der Waals surface area contributed by atoms with Crippen molar-refractivity contribution in [3.05, 3.63) is 11.6 Å². The fraction of sp³-hybridized carbons (Fsp3) is 0.375. The minimum Gasteiger partial charge on any atom is -0.478 e. The molecule has 2 heteroatoms. The first kappa shape index (κ1) is 8.77. The van der Waals surface area contributed by atoms with Gasteiger partial charge in [-0.15, -0.1) is 6.42 Å². The molecule has 0 aliphatic heterocycles. The third kappa shape index (κ3) is 3.73. The largest absolute Gasteiger partial charge is 0.478 e. The SMILES string of the molecule is C#CC(=CC(=O)O)CCC. The van der Waals surface area contributed by atoms with Crippen molar-refractivity contribution < 1.29 is 9.90 Å². The van der Waals surface area contributed by atoms with Gasteiger partial charge in [-0.25, -0.2) is 4.79 Å². The summed E-state index contributed by atoms with van der Waals surface area (Å²) in [6.45, 7) is 1.95. The Morgan fingerprint density at radius 1 is 1.80 bits per heavy atom. The van der Waals surface area contributed by atoms with Crippen LogP contribution < -0.4 is 0 Å². The van der Waals surface area contributed by atoms with E-state index < -0.39 is 5.97 Å². The average Bonchev–Trinajstić information content (AvgIpc) is 1.86. The molecule has 1 N–H and O–H groups in total. The van der Waals surface area contributed by atoms with Gasteiger partial charge < -0.3 is 5.11 Å². The van der Waals surface area contributed by atoms with Crippen molar-refractivity contribution in [1.82, 2.24) is 0 Å². The van der Waals surface area contributed by atoms with E-state index in [1.165, 1.54) is 0 Å². The van der Waals surface area contributed by atoms with E-state index in [1.54, 1.807) is 0 Å². The van der Waals surface area contributed by atoms with Gasteiger partial charge in [0.25, 0.3) is 0 Å². The molecule has 0 atom stereocenters. The molecule has 0 aromatic carbocycles. The lowest BCUT2D eigenvalue weighted by Crippen LogP contribution is -1.90. The van der Waals surface area contributed by atoms with Crippen molar-refractivity contribution in [3.8, 4) is 12.3 Å². The molecule has 0 aromatic heterocycles. The Balaban J connectivity index is 4.08. The highest BCUT2D eigenvalue weighted by Gasteiger charge is 1.93. The summed E-state index contributed by atoms with van der Waals surface area (Å²) in [7, 11) is 0. The molecule has 0 saturated carbocycles. The summed E-state index contributed by atoms with van der Waals surface area (Å²) in [6, 6.07) is 0. The number of allylic oxidation sites excluding steroid dienone is 1. The summed E-state index contributed by atoms with van der Waals surface area (Å²) in [5, 5.41) is 8.27. The fourth-order valence-electron chi connectivity index (χ4n) is 0.604. The second kappa shape index (κ2) is 4.63. The fourth-order valence-corrected chi connectivity index (χ4v) is 0.604. The summed E-state index contributed by atoms with van der Waals surface area (Å²) in [6.07, 6.45) is 7.65. The summed E-state index contributed by atoms with van der Waals surface area (Å²) in [5.41, 5.74) is 0.551. The van der Waals surface area contributed by atoms with E-state index in [9.17, 15) is 4.79 Å². The maximum absolute atomic E-state index is 10.1. The zero-order valence-corrected chi connectivity index (χ0v) is 5.92. The highest BCUT2D eigenvalue weighted by molar-refractivity contribution is 5.81. The van der Waals surface area contributed by atoms with Crippen LogP contribution >= 0.6 is 0 Å². The third-order valence-electron chi connectivity index (χ3n) is 1.00. The Morgan fingerprint density at radius 2 is 2.40 bits per heavy atom. The number of carboxylic acids is 1. The summed E-state index contributed by atoms with van der Waals surface area (Å²) >= 11 is 0. The molecule has 0 aromatic rings. The predicted molar refractivity (Wildman–Crippen MR) is 39.5 cm³/mol. The number of carbonyl (C=O) groups is 1. The van der Waals surface area contributed by atoms with Crippen LogP contribution in [0.1, 0.15) is 19.8 Å². The van der Waals surface area contributed by atoms with E-state index in [4.69, 9.17) is 11.5 Å². The van der Waals surface area contributed by atoms with Gasteiger partial charge >= 0.3 is 5.97 Å². The van der Waals surface area contributed by atoms with Crippen LogP contribution in [0.2, 0.25) is 0 Å². The van der Waals surface area contributed by atoms with Gasteiger partial charge in [0.05, 0.1) is 0 Å². The number of carboxylic acid groups (broad SMARTS) is 1. The Labute approximate surface area is 60.6 Å². The Morgan fingerprint density at radius 3 is 2.70 bits per heavy atom. The zero-order chi connectivity index (χ0) is 7.98. The molecule has 0 rings (SSSR count). The molecule has 0 heterocycles. The first-order chi connectivity index (χ1) is 4.70. The molecule has 0 bridgehead atoms. The summed E-state index contributed by atoms with van der Waals surface area (Å²) < 4.78 is 0. The Kier molecular flexibility index (Phi) is 4.06. The molecule has 0 amide bonds. The Bertz CT molecular complexity index is 184. The van der Waals surface area contributed by atoms with Crippen LogP contribution in [0.15, 0.2) is 11.6 Å². The summed E-state index contributed by atoms with van der Waals surface area (Å²) in [5.74, 6) is 1.34. The third-order valence-corrected chi connectivity index (χ3v) is 1.00. The molecule has 0 fully saturated rings. The minimum atomic E-state index is -0.971. The molecular weight excluding hydrogens is 128 g/mol. The number of terminal acetylenes is 1. The van der Waals surface area contributed by atoms with Crippen LogP contribution in [-0.2, 0) is 4.79 Å². The van der Waals surface area contributed by atoms with Crippen LogP contribution in [0.25, 0.3) is 0 Å². The van der Waals surface area contributed by atoms with Gasteiger partial charge in [-0.1, -0.05) is 19.3 Å². The second-order valence-corrected chi connectivity index (χ2v) is 1.90. The van der Waals surface area contributed by atoms with Crippen molar-refractivity contribution in [2.45, 2.75) is 19.8 Å². The van der Waals surface area contributed by atoms with Crippen molar-refractivity contribution in [1.29, 1.82) is 0 Å². The van der Waals surface area contributed by atoms with Crippen molar-refractivity contribution in [2.24, 2.45) is 0 Å². The highest BCUT2D eigenvalue weighted by Crippen LogP contribution is 2.01. The molecule has 0 spiro atoms. The van der Waals surface area contributed by atoms with Crippen LogP contribution in [0.3, 0.4) is 0 Å². The topological polar surface area (TPSA) is 37.3 Å². The van der Waals surface area contributed by atoms with E-state index in [2.05, 4.69) is 5.92 Å². The predicted octanol–water partition coefficient (Wildman–Crippen LogP) is 1.43. The molecule has 10 heavy (non-hydrogen) atoms. The second-order valence-electron chi connectivity index (χ2n) is 1.90. The van der Waals surface area contributed by atoms with E-state index >= 15 is 0 Å². The molecule has 0 radical (unpaired) electrons. The molecule has 0 aliphatic rings. The quantitative estimate of drug-likeness (QED) is 0.473. The smallest absolute Gasteiger partial charge is 0.329 e. The van der Waals surface area contributed by atoms with Crippen molar-refractivity contribution >= 4 is 5.97 Å². The number of hydrogen-bond acceptors (Lipinski definition) is 1. The van der Waals surface area contributed by atoms with E-state index in [-0.39, 0.29) is 0 Å². The Hall–Kier alpha value is -1.23. The summed E-state index contributed by atoms with van der Waals surface area (Å²) in [4.78, 5) is 10.1. The maximum atomic E-state index is 10.1. The number of rotatable bonds is 3. The van der Waals surface area contributed by atoms with E-state index in [0.29, 0.717) is 12.0 Å². The first-order valence-corrected chi connectivity index (χ1v) is 3.10. The normalized spacial score (nSPS) is 10.6. The first-order valence-electron chi connectivity index (χ1n) is 3.10. The van der Waals surface area contributed by atoms with Gasteiger partial charge in [0.1, 0.15) is 0 Å². The zero-order valence-electron chi connectivity index (χ0n) is 5.92. The van der Waals surface area contributed by atoms with Crippen molar-refractivity contribution in [3.63, 3.8) is 0 Å². The maximum Gasteiger partial charge on any atom is 0.329 e. The van der Waals surface area contributed by atoms with Gasteiger partial charge in [0, 0.05) is 11.6 Å². The van der Waals surface area contributed by atoms with E-state index in [0.717, 1.165) is 12.5 Å². The highest BCUT2D eigenvalue weighted by atomic mass is 16.4. The van der Waals surface area contributed by atoms with Gasteiger partial charge in [0.15, 0.2) is 0 Å². The molecule has 0 aliphatic carbocycles. The average molecular weight is 138 g/mol.